The number of nitrogens with zero attached hydrogens (tertiary/aromatic N) is 2. The fraction of sp³-hybridized carbons (Fsp3) is 0.588. The van der Waals surface area contributed by atoms with Gasteiger partial charge in [0, 0.05) is 6.04 Å². The maximum atomic E-state index is 6.48. The first kappa shape index (κ1) is 15.2. The smallest absolute Gasteiger partial charge is 0.128 e. The summed E-state index contributed by atoms with van der Waals surface area (Å²) in [5.41, 5.74) is 2.00. The highest BCUT2D eigenvalue weighted by atomic mass is 35.5. The van der Waals surface area contributed by atoms with Gasteiger partial charge in [-0.2, -0.15) is 0 Å². The lowest BCUT2D eigenvalue weighted by molar-refractivity contribution is 0.186. The van der Waals surface area contributed by atoms with Gasteiger partial charge in [-0.15, -0.1) is 11.6 Å². The molecule has 1 saturated carbocycles. The molecular formula is C17H22Cl2N2. The molecule has 4 heteroatoms. The summed E-state index contributed by atoms with van der Waals surface area (Å²) in [4.78, 5) is 4.75. The van der Waals surface area contributed by atoms with Crippen LogP contribution in [0.4, 0.5) is 0 Å². The lowest BCUT2D eigenvalue weighted by Gasteiger charge is -2.36. The minimum absolute atomic E-state index is 0.113. The van der Waals surface area contributed by atoms with Crippen molar-refractivity contribution in [3.8, 4) is 0 Å². The Balaban J connectivity index is 2.21. The number of hydrogen-bond acceptors (Lipinski definition) is 1. The van der Waals surface area contributed by atoms with Gasteiger partial charge in [-0.05, 0) is 37.3 Å². The zero-order chi connectivity index (χ0) is 15.1. The summed E-state index contributed by atoms with van der Waals surface area (Å²) in [6.45, 7) is 6.69. The number of alkyl halides is 1. The Morgan fingerprint density at radius 2 is 2.05 bits per heavy atom. The fourth-order valence-corrected chi connectivity index (χ4v) is 4.07. The van der Waals surface area contributed by atoms with Crippen LogP contribution in [0, 0.1) is 11.8 Å². The van der Waals surface area contributed by atoms with E-state index in [-0.39, 0.29) is 5.38 Å². The second-order valence-corrected chi connectivity index (χ2v) is 7.46. The van der Waals surface area contributed by atoms with Gasteiger partial charge < -0.3 is 4.57 Å². The number of hydrogen-bond donors (Lipinski definition) is 0. The van der Waals surface area contributed by atoms with Crippen molar-refractivity contribution in [1.82, 2.24) is 9.55 Å². The highest BCUT2D eigenvalue weighted by Crippen LogP contribution is 2.42. The summed E-state index contributed by atoms with van der Waals surface area (Å²) in [6.07, 6.45) is 3.75. The van der Waals surface area contributed by atoms with Gasteiger partial charge in [-0.3, -0.25) is 0 Å². The predicted molar refractivity (Wildman–Crippen MR) is 90.2 cm³/mol. The number of halogens is 2. The summed E-state index contributed by atoms with van der Waals surface area (Å²) in [5.74, 6) is 2.29. The van der Waals surface area contributed by atoms with E-state index in [9.17, 15) is 0 Å². The standard InChI is InChI=1S/C17H22Cl2N2/c1-10-6-4-9-15(11(10)2)21-16-13(19)7-5-8-14(16)20-17(21)12(3)18/h5,7-8,10-12,15H,4,6,9H2,1-3H3. The van der Waals surface area contributed by atoms with Crippen LogP contribution in [0.1, 0.15) is 57.3 Å². The van der Waals surface area contributed by atoms with Gasteiger partial charge in [0.2, 0.25) is 0 Å². The van der Waals surface area contributed by atoms with Crippen LogP contribution >= 0.6 is 23.2 Å². The second kappa shape index (κ2) is 5.81. The molecule has 4 atom stereocenters. The Bertz CT molecular complexity index is 648. The first-order valence-corrected chi connectivity index (χ1v) is 8.62. The molecule has 1 aromatic carbocycles. The van der Waals surface area contributed by atoms with E-state index >= 15 is 0 Å². The van der Waals surface area contributed by atoms with Gasteiger partial charge in [0.05, 0.1) is 21.4 Å². The number of benzene rings is 1. The van der Waals surface area contributed by atoms with Crippen molar-refractivity contribution < 1.29 is 0 Å². The molecule has 0 aliphatic heterocycles. The lowest BCUT2D eigenvalue weighted by Crippen LogP contribution is -2.28. The van der Waals surface area contributed by atoms with Gasteiger partial charge in [0.15, 0.2) is 0 Å². The fourth-order valence-electron chi connectivity index (χ4n) is 3.66. The van der Waals surface area contributed by atoms with E-state index in [1.165, 1.54) is 19.3 Å². The van der Waals surface area contributed by atoms with Crippen LogP contribution in [0.2, 0.25) is 5.02 Å². The molecular weight excluding hydrogens is 303 g/mol. The van der Waals surface area contributed by atoms with E-state index in [2.05, 4.69) is 18.4 Å². The van der Waals surface area contributed by atoms with Crippen LogP contribution in [0.25, 0.3) is 11.0 Å². The van der Waals surface area contributed by atoms with Crippen molar-refractivity contribution in [2.75, 3.05) is 0 Å². The van der Waals surface area contributed by atoms with Gasteiger partial charge in [-0.1, -0.05) is 44.4 Å². The molecule has 0 bridgehead atoms. The van der Waals surface area contributed by atoms with Gasteiger partial charge in [0.1, 0.15) is 5.82 Å². The van der Waals surface area contributed by atoms with E-state index in [0.29, 0.717) is 12.0 Å². The molecule has 114 valence electrons. The molecule has 1 aliphatic rings. The van der Waals surface area contributed by atoms with Crippen molar-refractivity contribution in [3.05, 3.63) is 29.0 Å². The third kappa shape index (κ3) is 2.57. The number of fused-ring (bicyclic) bond motifs is 1. The summed E-state index contributed by atoms with van der Waals surface area (Å²) < 4.78 is 2.33. The van der Waals surface area contributed by atoms with Crippen LogP contribution in [0.3, 0.4) is 0 Å². The summed E-state index contributed by atoms with van der Waals surface area (Å²) in [5, 5.41) is 0.659. The van der Waals surface area contributed by atoms with E-state index in [4.69, 9.17) is 28.2 Å². The zero-order valence-electron chi connectivity index (χ0n) is 12.8. The first-order chi connectivity index (χ1) is 10.0. The lowest BCUT2D eigenvalue weighted by atomic mass is 9.78. The third-order valence-corrected chi connectivity index (χ3v) is 5.54. The molecule has 0 N–H and O–H groups in total. The maximum absolute atomic E-state index is 6.48. The Morgan fingerprint density at radius 3 is 2.76 bits per heavy atom. The van der Waals surface area contributed by atoms with E-state index in [1.54, 1.807) is 0 Å². The average molecular weight is 325 g/mol. The number of para-hydroxylation sites is 1. The molecule has 1 fully saturated rings. The quantitative estimate of drug-likeness (QED) is 0.620. The van der Waals surface area contributed by atoms with Crippen LogP contribution in [0.5, 0.6) is 0 Å². The van der Waals surface area contributed by atoms with Gasteiger partial charge in [-0.25, -0.2) is 4.98 Å². The molecule has 1 aromatic heterocycles. The minimum Gasteiger partial charge on any atom is -0.322 e. The Kier molecular flexibility index (Phi) is 4.20. The minimum atomic E-state index is -0.113. The number of imidazole rings is 1. The molecule has 2 aromatic rings. The van der Waals surface area contributed by atoms with Crippen molar-refractivity contribution in [1.29, 1.82) is 0 Å². The van der Waals surface area contributed by atoms with Crippen LogP contribution in [0.15, 0.2) is 18.2 Å². The summed E-state index contributed by atoms with van der Waals surface area (Å²) >= 11 is 12.9. The molecule has 2 nitrogen and oxygen atoms in total. The Labute approximate surface area is 136 Å². The second-order valence-electron chi connectivity index (χ2n) is 6.40. The molecule has 1 aliphatic carbocycles. The van der Waals surface area contributed by atoms with Crippen molar-refractivity contribution >= 4 is 34.2 Å². The van der Waals surface area contributed by atoms with Crippen LogP contribution < -0.4 is 0 Å². The molecule has 4 unspecified atom stereocenters. The maximum Gasteiger partial charge on any atom is 0.128 e. The summed E-state index contributed by atoms with van der Waals surface area (Å²) in [6, 6.07) is 6.37. The third-order valence-electron chi connectivity index (χ3n) is 5.04. The normalized spacial score (nSPS) is 28.0. The number of aromatic nitrogens is 2. The van der Waals surface area contributed by atoms with Crippen LogP contribution in [-0.2, 0) is 0 Å². The first-order valence-electron chi connectivity index (χ1n) is 7.81. The topological polar surface area (TPSA) is 17.8 Å². The van der Waals surface area contributed by atoms with Crippen LogP contribution in [-0.4, -0.2) is 9.55 Å². The Morgan fingerprint density at radius 1 is 1.29 bits per heavy atom. The summed E-state index contributed by atoms with van der Waals surface area (Å²) in [7, 11) is 0. The monoisotopic (exact) mass is 324 g/mol. The molecule has 1 heterocycles. The number of rotatable bonds is 2. The molecule has 3 rings (SSSR count). The van der Waals surface area contributed by atoms with E-state index < -0.39 is 0 Å². The highest BCUT2D eigenvalue weighted by Gasteiger charge is 2.32. The van der Waals surface area contributed by atoms with Gasteiger partial charge >= 0.3 is 0 Å². The van der Waals surface area contributed by atoms with Crippen molar-refractivity contribution in [2.45, 2.75) is 51.5 Å². The van der Waals surface area contributed by atoms with E-state index in [1.807, 2.05) is 25.1 Å². The molecule has 0 spiro atoms. The predicted octanol–water partition coefficient (Wildman–Crippen LogP) is 5.99. The average Bonchev–Trinajstić information content (AvgIpc) is 2.83. The largest absolute Gasteiger partial charge is 0.322 e. The molecule has 0 radical (unpaired) electrons. The highest BCUT2D eigenvalue weighted by molar-refractivity contribution is 6.35. The van der Waals surface area contributed by atoms with Crippen molar-refractivity contribution in [2.24, 2.45) is 11.8 Å². The zero-order valence-corrected chi connectivity index (χ0v) is 14.3. The Hall–Kier alpha value is -0.730. The molecule has 0 amide bonds. The molecule has 0 saturated heterocycles. The van der Waals surface area contributed by atoms with Gasteiger partial charge in [0.25, 0.3) is 0 Å². The SMILES string of the molecule is CC(Cl)c1nc2cccc(Cl)c2n1C1CCCC(C)C1C. The van der Waals surface area contributed by atoms with E-state index in [0.717, 1.165) is 27.8 Å². The molecule has 21 heavy (non-hydrogen) atoms. The van der Waals surface area contributed by atoms with Crippen molar-refractivity contribution in [3.63, 3.8) is 0 Å².